The van der Waals surface area contributed by atoms with E-state index in [0.29, 0.717) is 0 Å². The minimum absolute atomic E-state index is 0.161. The quantitative estimate of drug-likeness (QED) is 0.693. The number of pyridine rings is 1. The first-order valence-electron chi connectivity index (χ1n) is 5.33. The van der Waals surface area contributed by atoms with Crippen LogP contribution in [0.4, 0.5) is 0 Å². The number of hydrogen-bond donors (Lipinski definition) is 0. The van der Waals surface area contributed by atoms with Crippen LogP contribution in [-0.2, 0) is 5.41 Å². The predicted octanol–water partition coefficient (Wildman–Crippen LogP) is 3.80. The van der Waals surface area contributed by atoms with Crippen LogP contribution < -0.4 is 0 Å². The van der Waals surface area contributed by atoms with Gasteiger partial charge in [-0.3, -0.25) is 4.98 Å². The van der Waals surface area contributed by atoms with Crippen molar-refractivity contribution < 1.29 is 0 Å². The Kier molecular flexibility index (Phi) is 2.98. The molecule has 0 saturated heterocycles. The fourth-order valence-electron chi connectivity index (χ4n) is 1.78. The molecule has 0 aliphatic rings. The summed E-state index contributed by atoms with van der Waals surface area (Å²) in [4.78, 5) is 4.49. The van der Waals surface area contributed by atoms with Gasteiger partial charge in [-0.25, -0.2) is 0 Å². The van der Waals surface area contributed by atoms with Crippen molar-refractivity contribution in [2.45, 2.75) is 46.5 Å². The Bertz CT molecular complexity index is 284. The molecule has 1 unspecified atom stereocenters. The summed E-state index contributed by atoms with van der Waals surface area (Å²) in [6, 6.07) is 6.18. The van der Waals surface area contributed by atoms with E-state index < -0.39 is 0 Å². The minimum atomic E-state index is 0.161. The molecular weight excluding hydrogens is 170 g/mol. The van der Waals surface area contributed by atoms with Gasteiger partial charge in [0.1, 0.15) is 0 Å². The molecule has 1 atom stereocenters. The average molecular weight is 191 g/mol. The van der Waals surface area contributed by atoms with E-state index in [1.165, 1.54) is 5.69 Å². The lowest BCUT2D eigenvalue weighted by atomic mass is 9.64. The summed E-state index contributed by atoms with van der Waals surface area (Å²) in [5, 5.41) is 0. The summed E-state index contributed by atoms with van der Waals surface area (Å²) < 4.78 is 0. The van der Waals surface area contributed by atoms with Crippen LogP contribution in [0.2, 0.25) is 0 Å². The summed E-state index contributed by atoms with van der Waals surface area (Å²) in [5.74, 6) is 0. The van der Waals surface area contributed by atoms with Crippen molar-refractivity contribution in [3.8, 4) is 0 Å². The molecule has 78 valence electrons. The lowest BCUT2D eigenvalue weighted by Gasteiger charge is -2.41. The van der Waals surface area contributed by atoms with E-state index in [4.69, 9.17) is 0 Å². The van der Waals surface area contributed by atoms with Gasteiger partial charge in [-0.2, -0.15) is 0 Å². The normalized spacial score (nSPS) is 16.4. The highest BCUT2D eigenvalue weighted by atomic mass is 14.7. The van der Waals surface area contributed by atoms with Crippen LogP contribution in [0, 0.1) is 5.41 Å². The molecule has 0 spiro atoms. The maximum atomic E-state index is 4.49. The molecule has 0 aliphatic heterocycles. The SMILES string of the molecule is CCC(C)(c1ccccn1)C(C)(C)C. The Labute approximate surface area is 87.6 Å². The molecule has 0 bridgehead atoms. The molecule has 1 rings (SSSR count). The van der Waals surface area contributed by atoms with E-state index in [1.54, 1.807) is 0 Å². The van der Waals surface area contributed by atoms with Crippen molar-refractivity contribution in [2.24, 2.45) is 5.41 Å². The van der Waals surface area contributed by atoms with Crippen molar-refractivity contribution in [1.82, 2.24) is 4.98 Å². The number of nitrogens with zero attached hydrogens (tertiary/aromatic N) is 1. The molecule has 1 heteroatoms. The lowest BCUT2D eigenvalue weighted by Crippen LogP contribution is -2.37. The van der Waals surface area contributed by atoms with Crippen LogP contribution >= 0.6 is 0 Å². The first-order chi connectivity index (χ1) is 6.42. The van der Waals surface area contributed by atoms with E-state index in [0.717, 1.165) is 6.42 Å². The third-order valence-corrected chi connectivity index (χ3v) is 3.59. The minimum Gasteiger partial charge on any atom is -0.261 e. The van der Waals surface area contributed by atoms with Crippen molar-refractivity contribution in [3.63, 3.8) is 0 Å². The van der Waals surface area contributed by atoms with Crippen LogP contribution in [-0.4, -0.2) is 4.98 Å². The van der Waals surface area contributed by atoms with E-state index in [9.17, 15) is 0 Å². The molecule has 0 amide bonds. The van der Waals surface area contributed by atoms with Crippen molar-refractivity contribution in [2.75, 3.05) is 0 Å². The monoisotopic (exact) mass is 191 g/mol. The Morgan fingerprint density at radius 3 is 2.14 bits per heavy atom. The molecular formula is C13H21N. The van der Waals surface area contributed by atoms with Gasteiger partial charge in [-0.05, 0) is 24.0 Å². The first-order valence-corrected chi connectivity index (χ1v) is 5.33. The molecule has 1 heterocycles. The first kappa shape index (κ1) is 11.2. The standard InChI is InChI=1S/C13H21N/c1-6-13(5,12(2,3)4)11-9-7-8-10-14-11/h7-10H,6H2,1-5H3. The lowest BCUT2D eigenvalue weighted by molar-refractivity contribution is 0.190. The Morgan fingerprint density at radius 1 is 1.14 bits per heavy atom. The van der Waals surface area contributed by atoms with Crippen LogP contribution in [0.25, 0.3) is 0 Å². The zero-order chi connectivity index (χ0) is 10.8. The van der Waals surface area contributed by atoms with E-state index >= 15 is 0 Å². The maximum Gasteiger partial charge on any atom is 0.0467 e. The molecule has 0 N–H and O–H groups in total. The zero-order valence-electron chi connectivity index (χ0n) is 9.96. The van der Waals surface area contributed by atoms with Gasteiger partial charge < -0.3 is 0 Å². The van der Waals surface area contributed by atoms with Gasteiger partial charge in [0.2, 0.25) is 0 Å². The van der Waals surface area contributed by atoms with Gasteiger partial charge in [0.25, 0.3) is 0 Å². The second kappa shape index (κ2) is 3.72. The predicted molar refractivity (Wildman–Crippen MR) is 61.3 cm³/mol. The van der Waals surface area contributed by atoms with E-state index in [2.05, 4.69) is 51.7 Å². The second-order valence-electron chi connectivity index (χ2n) is 5.15. The summed E-state index contributed by atoms with van der Waals surface area (Å²) >= 11 is 0. The Morgan fingerprint density at radius 2 is 1.79 bits per heavy atom. The van der Waals surface area contributed by atoms with E-state index in [1.807, 2.05) is 12.3 Å². The molecule has 1 aromatic heterocycles. The Balaban J connectivity index is 3.15. The maximum absolute atomic E-state index is 4.49. The molecule has 14 heavy (non-hydrogen) atoms. The molecule has 0 radical (unpaired) electrons. The van der Waals surface area contributed by atoms with Crippen molar-refractivity contribution >= 4 is 0 Å². The van der Waals surface area contributed by atoms with Gasteiger partial charge in [-0.15, -0.1) is 0 Å². The van der Waals surface area contributed by atoms with Crippen molar-refractivity contribution in [3.05, 3.63) is 30.1 Å². The number of aromatic nitrogens is 1. The summed E-state index contributed by atoms with van der Waals surface area (Å²) in [6.45, 7) is 11.4. The highest BCUT2D eigenvalue weighted by Crippen LogP contribution is 2.42. The molecule has 0 saturated carbocycles. The fraction of sp³-hybridized carbons (Fsp3) is 0.615. The molecule has 0 fully saturated rings. The van der Waals surface area contributed by atoms with Crippen LogP contribution in [0.3, 0.4) is 0 Å². The molecule has 0 aromatic carbocycles. The molecule has 1 nitrogen and oxygen atoms in total. The van der Waals surface area contributed by atoms with Gasteiger partial charge in [0.05, 0.1) is 0 Å². The largest absolute Gasteiger partial charge is 0.261 e. The molecule has 1 aromatic rings. The zero-order valence-corrected chi connectivity index (χ0v) is 9.96. The van der Waals surface area contributed by atoms with Crippen LogP contribution in [0.5, 0.6) is 0 Å². The topological polar surface area (TPSA) is 12.9 Å². The summed E-state index contributed by atoms with van der Waals surface area (Å²) in [5.41, 5.74) is 1.61. The van der Waals surface area contributed by atoms with Gasteiger partial charge in [0.15, 0.2) is 0 Å². The van der Waals surface area contributed by atoms with Gasteiger partial charge in [-0.1, -0.05) is 40.7 Å². The third-order valence-electron chi connectivity index (χ3n) is 3.59. The summed E-state index contributed by atoms with van der Waals surface area (Å²) in [7, 11) is 0. The highest BCUT2D eigenvalue weighted by Gasteiger charge is 2.38. The number of hydrogen-bond acceptors (Lipinski definition) is 1. The van der Waals surface area contributed by atoms with Gasteiger partial charge in [0, 0.05) is 17.3 Å². The summed E-state index contributed by atoms with van der Waals surface area (Å²) in [6.07, 6.45) is 3.00. The second-order valence-corrected chi connectivity index (χ2v) is 5.15. The van der Waals surface area contributed by atoms with Crippen molar-refractivity contribution in [1.29, 1.82) is 0 Å². The smallest absolute Gasteiger partial charge is 0.0467 e. The van der Waals surface area contributed by atoms with Crippen LogP contribution in [0.1, 0.15) is 46.7 Å². The highest BCUT2D eigenvalue weighted by molar-refractivity contribution is 5.18. The van der Waals surface area contributed by atoms with Gasteiger partial charge >= 0.3 is 0 Å². The average Bonchev–Trinajstić information content (AvgIpc) is 2.16. The Hall–Kier alpha value is -0.850. The fourth-order valence-corrected chi connectivity index (χ4v) is 1.78. The molecule has 0 aliphatic carbocycles. The third kappa shape index (κ3) is 1.82. The number of rotatable bonds is 2. The van der Waals surface area contributed by atoms with E-state index in [-0.39, 0.29) is 10.8 Å². The van der Waals surface area contributed by atoms with Crippen LogP contribution in [0.15, 0.2) is 24.4 Å².